The topological polar surface area (TPSA) is 119 Å². The van der Waals surface area contributed by atoms with Crippen molar-refractivity contribution in [2.24, 2.45) is 5.84 Å². The third kappa shape index (κ3) is 1.91. The van der Waals surface area contributed by atoms with Gasteiger partial charge in [0.05, 0.1) is 19.0 Å². The zero-order chi connectivity index (χ0) is 13.6. The van der Waals surface area contributed by atoms with Gasteiger partial charge in [0, 0.05) is 12.6 Å². The summed E-state index contributed by atoms with van der Waals surface area (Å²) in [6.45, 7) is 0.507. The summed E-state index contributed by atoms with van der Waals surface area (Å²) in [6.07, 6.45) is 1.31. The number of halogens is 1. The number of hydrogen-bond donors (Lipinski definition) is 3. The zero-order valence-corrected chi connectivity index (χ0v) is 10.1. The number of anilines is 1. The molecule has 0 bridgehead atoms. The van der Waals surface area contributed by atoms with Gasteiger partial charge in [0.1, 0.15) is 5.52 Å². The number of aliphatic hydroxyl groups is 1. The lowest BCUT2D eigenvalue weighted by Crippen LogP contribution is -2.38. The number of fused-ring (bicyclic) bond motifs is 1. The molecule has 0 amide bonds. The molecule has 8 nitrogen and oxygen atoms in total. The average molecular weight is 267 g/mol. The Morgan fingerprint density at radius 1 is 1.47 bits per heavy atom. The summed E-state index contributed by atoms with van der Waals surface area (Å²) in [7, 11) is 0. The van der Waals surface area contributed by atoms with E-state index in [0.29, 0.717) is 24.1 Å². The molecule has 0 radical (unpaired) electrons. The Morgan fingerprint density at radius 3 is 2.95 bits per heavy atom. The van der Waals surface area contributed by atoms with Crippen molar-refractivity contribution in [3.63, 3.8) is 0 Å². The first kappa shape index (κ1) is 12.2. The monoisotopic (exact) mass is 267 g/mol. The van der Waals surface area contributed by atoms with Crippen molar-refractivity contribution >= 4 is 17.0 Å². The first-order chi connectivity index (χ1) is 9.10. The molecular formula is C10H14FN7O. The molecule has 0 saturated carbocycles. The van der Waals surface area contributed by atoms with Crippen molar-refractivity contribution in [1.82, 2.24) is 24.5 Å². The maximum absolute atomic E-state index is 13.2. The van der Waals surface area contributed by atoms with E-state index in [1.165, 1.54) is 0 Å². The molecule has 19 heavy (non-hydrogen) atoms. The van der Waals surface area contributed by atoms with Crippen LogP contribution in [0.5, 0.6) is 0 Å². The summed E-state index contributed by atoms with van der Waals surface area (Å²) < 4.78 is 15.0. The van der Waals surface area contributed by atoms with Crippen LogP contribution in [0, 0.1) is 6.08 Å². The third-order valence-corrected chi connectivity index (χ3v) is 3.46. The second-order valence-electron chi connectivity index (χ2n) is 4.62. The number of aromatic nitrogens is 4. The fourth-order valence-corrected chi connectivity index (χ4v) is 2.48. The highest BCUT2D eigenvalue weighted by Crippen LogP contribution is 2.28. The average Bonchev–Trinajstić information content (AvgIpc) is 2.92. The fourth-order valence-electron chi connectivity index (χ4n) is 2.48. The van der Waals surface area contributed by atoms with E-state index in [0.717, 1.165) is 0 Å². The molecule has 1 aliphatic rings. The van der Waals surface area contributed by atoms with Crippen LogP contribution in [0.15, 0.2) is 6.33 Å². The molecule has 5 N–H and O–H groups in total. The van der Waals surface area contributed by atoms with Crippen molar-refractivity contribution in [3.8, 4) is 0 Å². The Kier molecular flexibility index (Phi) is 2.81. The van der Waals surface area contributed by atoms with Crippen LogP contribution in [0.4, 0.5) is 10.2 Å². The molecule has 2 aromatic heterocycles. The standard InChI is InChI=1S/C10H14FN7O/c11-10-15-8(12)7-9(16-10)17(4-14-7)5-1-6(3-19)18(13)2-5/h4-6,19H,1-3,13H2,(H2,12,15,16)/t5-,6+/m0/s1. The van der Waals surface area contributed by atoms with Crippen LogP contribution < -0.4 is 11.6 Å². The summed E-state index contributed by atoms with van der Waals surface area (Å²) in [6, 6.07) is -0.146. The molecule has 0 unspecified atom stereocenters. The maximum atomic E-state index is 13.2. The van der Waals surface area contributed by atoms with E-state index in [1.54, 1.807) is 15.9 Å². The zero-order valence-electron chi connectivity index (χ0n) is 10.1. The first-order valence-corrected chi connectivity index (χ1v) is 5.88. The van der Waals surface area contributed by atoms with E-state index < -0.39 is 6.08 Å². The van der Waals surface area contributed by atoms with Crippen LogP contribution in [0.1, 0.15) is 12.5 Å². The van der Waals surface area contributed by atoms with Gasteiger partial charge in [-0.3, -0.25) is 5.84 Å². The minimum Gasteiger partial charge on any atom is -0.395 e. The van der Waals surface area contributed by atoms with Gasteiger partial charge in [-0.15, -0.1) is 0 Å². The highest BCUT2D eigenvalue weighted by molar-refractivity contribution is 5.81. The second kappa shape index (κ2) is 4.37. The SMILES string of the molecule is Nc1nc(F)nc2c1ncn2[C@H]1C[C@H](CO)N(N)C1. The Hall–Kier alpha value is -1.84. The number of nitrogens with two attached hydrogens (primary N) is 2. The van der Waals surface area contributed by atoms with Gasteiger partial charge in [-0.1, -0.05) is 0 Å². The van der Waals surface area contributed by atoms with Gasteiger partial charge in [-0.05, 0) is 6.42 Å². The van der Waals surface area contributed by atoms with Crippen molar-refractivity contribution in [3.05, 3.63) is 12.4 Å². The lowest BCUT2D eigenvalue weighted by atomic mass is 10.2. The molecule has 102 valence electrons. The van der Waals surface area contributed by atoms with Crippen LogP contribution in [-0.4, -0.2) is 48.8 Å². The van der Waals surface area contributed by atoms with Crippen molar-refractivity contribution in [1.29, 1.82) is 0 Å². The largest absolute Gasteiger partial charge is 0.395 e. The molecule has 2 aromatic rings. The number of hydrogen-bond acceptors (Lipinski definition) is 7. The normalized spacial score (nSPS) is 24.4. The van der Waals surface area contributed by atoms with Gasteiger partial charge in [-0.25, -0.2) is 9.99 Å². The molecule has 1 saturated heterocycles. The molecule has 9 heteroatoms. The Morgan fingerprint density at radius 2 is 2.26 bits per heavy atom. The summed E-state index contributed by atoms with van der Waals surface area (Å²) in [5, 5.41) is 10.8. The summed E-state index contributed by atoms with van der Waals surface area (Å²) in [5.41, 5.74) is 6.33. The predicted octanol–water partition coefficient (Wildman–Crippen LogP) is -0.971. The Balaban J connectivity index is 2.02. The van der Waals surface area contributed by atoms with Gasteiger partial charge < -0.3 is 15.4 Å². The van der Waals surface area contributed by atoms with Crippen LogP contribution in [0.2, 0.25) is 0 Å². The fraction of sp³-hybridized carbons (Fsp3) is 0.500. The van der Waals surface area contributed by atoms with Crippen molar-refractivity contribution in [2.45, 2.75) is 18.5 Å². The lowest BCUT2D eigenvalue weighted by Gasteiger charge is -2.14. The third-order valence-electron chi connectivity index (χ3n) is 3.46. The molecule has 3 heterocycles. The quantitative estimate of drug-likeness (QED) is 0.473. The minimum absolute atomic E-state index is 0.0163. The smallest absolute Gasteiger partial charge is 0.312 e. The van der Waals surface area contributed by atoms with E-state index >= 15 is 0 Å². The summed E-state index contributed by atoms with van der Waals surface area (Å²) >= 11 is 0. The van der Waals surface area contributed by atoms with E-state index in [1.807, 2.05) is 0 Å². The van der Waals surface area contributed by atoms with Crippen molar-refractivity contribution < 1.29 is 9.50 Å². The van der Waals surface area contributed by atoms with Crippen LogP contribution >= 0.6 is 0 Å². The molecule has 0 aromatic carbocycles. The number of aliphatic hydroxyl groups excluding tert-OH is 1. The van der Waals surface area contributed by atoms with E-state index in [9.17, 15) is 9.50 Å². The first-order valence-electron chi connectivity index (χ1n) is 5.88. The summed E-state index contributed by atoms with van der Waals surface area (Å²) in [5.74, 6) is 5.81. The van der Waals surface area contributed by atoms with Crippen LogP contribution in [-0.2, 0) is 0 Å². The molecule has 3 rings (SSSR count). The van der Waals surface area contributed by atoms with E-state index in [4.69, 9.17) is 11.6 Å². The Labute approximate surface area is 107 Å². The molecule has 2 atom stereocenters. The number of nitrogen functional groups attached to an aromatic ring is 1. The predicted molar refractivity (Wildman–Crippen MR) is 65.1 cm³/mol. The van der Waals surface area contributed by atoms with Crippen molar-refractivity contribution in [2.75, 3.05) is 18.9 Å². The van der Waals surface area contributed by atoms with Crippen LogP contribution in [0.3, 0.4) is 0 Å². The van der Waals surface area contributed by atoms with Gasteiger partial charge in [0.2, 0.25) is 0 Å². The molecule has 0 aliphatic carbocycles. The van der Waals surface area contributed by atoms with Crippen LogP contribution in [0.25, 0.3) is 11.2 Å². The highest BCUT2D eigenvalue weighted by Gasteiger charge is 2.32. The van der Waals surface area contributed by atoms with Gasteiger partial charge >= 0.3 is 6.08 Å². The maximum Gasteiger partial charge on any atom is 0.312 e. The van der Waals surface area contributed by atoms with Gasteiger partial charge in [-0.2, -0.15) is 14.4 Å². The highest BCUT2D eigenvalue weighted by atomic mass is 19.1. The minimum atomic E-state index is -0.881. The van der Waals surface area contributed by atoms with E-state index in [2.05, 4.69) is 15.0 Å². The lowest BCUT2D eigenvalue weighted by molar-refractivity contribution is 0.161. The number of nitrogens with zero attached hydrogens (tertiary/aromatic N) is 5. The molecule has 0 spiro atoms. The Bertz CT molecular complexity index is 615. The second-order valence-corrected chi connectivity index (χ2v) is 4.62. The number of rotatable bonds is 2. The number of hydrazine groups is 1. The van der Waals surface area contributed by atoms with E-state index in [-0.39, 0.29) is 24.5 Å². The molecule has 1 aliphatic heterocycles. The van der Waals surface area contributed by atoms with Gasteiger partial charge in [0.15, 0.2) is 11.5 Å². The summed E-state index contributed by atoms with van der Waals surface area (Å²) in [4.78, 5) is 11.3. The van der Waals surface area contributed by atoms with Gasteiger partial charge in [0.25, 0.3) is 0 Å². The number of imidazole rings is 1. The molecule has 1 fully saturated rings. The molecular weight excluding hydrogens is 253 g/mol.